The minimum Gasteiger partial charge on any atom is -0.355 e. The summed E-state index contributed by atoms with van der Waals surface area (Å²) >= 11 is 3.29. The lowest BCUT2D eigenvalue weighted by Crippen LogP contribution is -2.49. The average molecular weight is 335 g/mol. The van der Waals surface area contributed by atoms with Gasteiger partial charge in [0.1, 0.15) is 6.29 Å². The number of nitrogens with zero attached hydrogens (tertiary/aromatic N) is 1. The zero-order chi connectivity index (χ0) is 13.5. The fourth-order valence-corrected chi connectivity index (χ4v) is 3.17. The number of fused-ring (bicyclic) bond motifs is 1. The van der Waals surface area contributed by atoms with E-state index in [0.717, 1.165) is 4.47 Å². The second-order valence-corrected chi connectivity index (χ2v) is 6.38. The summed E-state index contributed by atoms with van der Waals surface area (Å²) in [5.41, 5.74) is -0.167. The Morgan fingerprint density at radius 3 is 2.72 bits per heavy atom. The Hall–Kier alpha value is -0.960. The smallest absolute Gasteiger partial charge is 0.300 e. The number of hydrogen-bond acceptors (Lipinski definition) is 5. The van der Waals surface area contributed by atoms with Crippen molar-refractivity contribution >= 4 is 38.0 Å². The summed E-state index contributed by atoms with van der Waals surface area (Å²) in [5, 5.41) is 2.69. The Balaban J connectivity index is 2.55. The minimum atomic E-state index is -4.33. The number of rotatable bonds is 2. The van der Waals surface area contributed by atoms with E-state index in [1.807, 2.05) is 0 Å². The molecule has 18 heavy (non-hydrogen) atoms. The second kappa shape index (κ2) is 4.61. The van der Waals surface area contributed by atoms with Crippen molar-refractivity contribution in [2.45, 2.75) is 11.5 Å². The van der Waals surface area contributed by atoms with Crippen LogP contribution in [0.15, 0.2) is 22.7 Å². The number of benzene rings is 1. The number of hydrogen-bond donors (Lipinski definition) is 2. The molecule has 0 saturated heterocycles. The van der Waals surface area contributed by atoms with Gasteiger partial charge < -0.3 is 10.1 Å². The molecular formula is C10H11BrN2O4S. The molecule has 2 unspecified atom stereocenters. The van der Waals surface area contributed by atoms with Crippen LogP contribution >= 0.6 is 15.9 Å². The first-order valence-electron chi connectivity index (χ1n) is 5.04. The lowest BCUT2D eigenvalue weighted by molar-refractivity contribution is -0.112. The predicted octanol–water partition coefficient (Wildman–Crippen LogP) is 1.22. The monoisotopic (exact) mass is 334 g/mol. The number of likely N-dealkylation sites (N-methyl/N-ethyl adjacent to an activating group) is 1. The maximum absolute atomic E-state index is 11.3. The van der Waals surface area contributed by atoms with Gasteiger partial charge in [-0.1, -0.05) is 15.9 Å². The highest BCUT2D eigenvalue weighted by molar-refractivity contribution is 9.10. The van der Waals surface area contributed by atoms with E-state index >= 15 is 0 Å². The molecule has 0 radical (unpaired) electrons. The Kier molecular flexibility index (Phi) is 3.45. The molecule has 0 fully saturated rings. The van der Waals surface area contributed by atoms with Crippen LogP contribution in [0, 0.1) is 0 Å². The maximum atomic E-state index is 11.3. The molecule has 0 aromatic heterocycles. The van der Waals surface area contributed by atoms with Crippen LogP contribution in [-0.4, -0.2) is 36.7 Å². The van der Waals surface area contributed by atoms with Crippen LogP contribution in [0.25, 0.3) is 0 Å². The van der Waals surface area contributed by atoms with Gasteiger partial charge in [0.05, 0.1) is 6.04 Å². The molecule has 1 aliphatic heterocycles. The molecule has 1 heterocycles. The molecule has 98 valence electrons. The standard InChI is InChI=1S/C10H11BrN2O4S/c1-13-9(5-14)7-4-6(11)2-3-8(7)12-10(13)18(15,16)17/h2-5,9-10,12H,1H3,(H,15,16,17). The van der Waals surface area contributed by atoms with Gasteiger partial charge in [-0.15, -0.1) is 0 Å². The van der Waals surface area contributed by atoms with Gasteiger partial charge in [-0.25, -0.2) is 0 Å². The van der Waals surface area contributed by atoms with Crippen molar-refractivity contribution in [2.24, 2.45) is 0 Å². The number of anilines is 1. The van der Waals surface area contributed by atoms with Crippen molar-refractivity contribution in [3.05, 3.63) is 28.2 Å². The highest BCUT2D eigenvalue weighted by Crippen LogP contribution is 2.35. The van der Waals surface area contributed by atoms with E-state index in [0.29, 0.717) is 17.5 Å². The summed E-state index contributed by atoms with van der Waals surface area (Å²) in [6, 6.07) is 4.38. The fraction of sp³-hybridized carbons (Fsp3) is 0.300. The zero-order valence-electron chi connectivity index (χ0n) is 9.37. The molecule has 2 N–H and O–H groups in total. The van der Waals surface area contributed by atoms with Crippen molar-refractivity contribution in [1.82, 2.24) is 4.90 Å². The number of carbonyl (C=O) groups excluding carboxylic acids is 1. The van der Waals surface area contributed by atoms with E-state index in [2.05, 4.69) is 21.2 Å². The van der Waals surface area contributed by atoms with Crippen LogP contribution in [0.3, 0.4) is 0 Å². The summed E-state index contributed by atoms with van der Waals surface area (Å²) in [6.45, 7) is 0. The molecule has 0 amide bonds. The molecule has 8 heteroatoms. The molecule has 0 saturated carbocycles. The van der Waals surface area contributed by atoms with E-state index in [-0.39, 0.29) is 0 Å². The van der Waals surface area contributed by atoms with Crippen LogP contribution < -0.4 is 5.32 Å². The predicted molar refractivity (Wildman–Crippen MR) is 69.7 cm³/mol. The van der Waals surface area contributed by atoms with Crippen LogP contribution in [0.5, 0.6) is 0 Å². The first-order valence-corrected chi connectivity index (χ1v) is 7.33. The molecule has 2 atom stereocenters. The average Bonchev–Trinajstić information content (AvgIpc) is 2.26. The van der Waals surface area contributed by atoms with Crippen molar-refractivity contribution in [2.75, 3.05) is 12.4 Å². The van der Waals surface area contributed by atoms with Gasteiger partial charge in [0.2, 0.25) is 5.50 Å². The van der Waals surface area contributed by atoms with Gasteiger partial charge in [-0.2, -0.15) is 8.42 Å². The van der Waals surface area contributed by atoms with E-state index < -0.39 is 21.7 Å². The lowest BCUT2D eigenvalue weighted by atomic mass is 10.0. The molecule has 1 aromatic rings. The number of nitrogens with one attached hydrogen (secondary N) is 1. The van der Waals surface area contributed by atoms with Crippen LogP contribution in [0.4, 0.5) is 5.69 Å². The molecule has 6 nitrogen and oxygen atoms in total. The summed E-state index contributed by atoms with van der Waals surface area (Å²) in [6.07, 6.45) is 0.643. The summed E-state index contributed by atoms with van der Waals surface area (Å²) < 4.78 is 32.5. The van der Waals surface area contributed by atoms with Gasteiger partial charge >= 0.3 is 10.1 Å². The van der Waals surface area contributed by atoms with Crippen LogP contribution in [-0.2, 0) is 14.9 Å². The SMILES string of the molecule is CN1C(C=O)c2cc(Br)ccc2NC1S(=O)(=O)O. The third kappa shape index (κ3) is 2.28. The van der Waals surface area contributed by atoms with E-state index in [1.54, 1.807) is 18.2 Å². The third-order valence-corrected chi connectivity index (χ3v) is 4.34. The lowest BCUT2D eigenvalue weighted by Gasteiger charge is -2.37. The second-order valence-electron chi connectivity index (χ2n) is 3.99. The molecule has 0 spiro atoms. The first kappa shape index (κ1) is 13.5. The van der Waals surface area contributed by atoms with Gasteiger partial charge in [-0.05, 0) is 25.2 Å². The largest absolute Gasteiger partial charge is 0.355 e. The van der Waals surface area contributed by atoms with Crippen molar-refractivity contribution in [1.29, 1.82) is 0 Å². The Bertz CT molecular complexity index is 590. The van der Waals surface area contributed by atoms with Gasteiger partial charge in [0.25, 0.3) is 0 Å². The Morgan fingerprint density at radius 2 is 2.17 bits per heavy atom. The van der Waals surface area contributed by atoms with Crippen LogP contribution in [0.2, 0.25) is 0 Å². The topological polar surface area (TPSA) is 86.7 Å². The number of halogens is 1. The molecular weight excluding hydrogens is 324 g/mol. The molecule has 0 bridgehead atoms. The molecule has 1 aromatic carbocycles. The van der Waals surface area contributed by atoms with Crippen molar-refractivity contribution in [3.63, 3.8) is 0 Å². The fourth-order valence-electron chi connectivity index (χ4n) is 1.96. The van der Waals surface area contributed by atoms with Gasteiger partial charge in [0, 0.05) is 15.7 Å². The molecule has 1 aliphatic rings. The summed E-state index contributed by atoms with van der Waals surface area (Å²) in [5.74, 6) is 0. The number of aldehydes is 1. The van der Waals surface area contributed by atoms with Gasteiger partial charge in [0.15, 0.2) is 0 Å². The quantitative estimate of drug-likeness (QED) is 0.624. The summed E-state index contributed by atoms with van der Waals surface area (Å²) in [4.78, 5) is 12.4. The Labute approximate surface area is 113 Å². The minimum absolute atomic E-state index is 0.510. The molecule has 0 aliphatic carbocycles. The first-order chi connectivity index (χ1) is 8.34. The summed E-state index contributed by atoms with van der Waals surface area (Å²) in [7, 11) is -2.87. The normalized spacial score (nSPS) is 24.2. The van der Waals surface area contributed by atoms with E-state index in [9.17, 15) is 13.2 Å². The maximum Gasteiger partial charge on any atom is 0.300 e. The Morgan fingerprint density at radius 1 is 1.50 bits per heavy atom. The zero-order valence-corrected chi connectivity index (χ0v) is 11.8. The highest BCUT2D eigenvalue weighted by atomic mass is 79.9. The number of carbonyl (C=O) groups is 1. The molecule has 2 rings (SSSR count). The van der Waals surface area contributed by atoms with Crippen LogP contribution in [0.1, 0.15) is 11.6 Å². The third-order valence-electron chi connectivity index (χ3n) is 2.83. The van der Waals surface area contributed by atoms with Crippen molar-refractivity contribution in [3.8, 4) is 0 Å². The highest BCUT2D eigenvalue weighted by Gasteiger charge is 2.38. The van der Waals surface area contributed by atoms with E-state index in [4.69, 9.17) is 4.55 Å². The van der Waals surface area contributed by atoms with Gasteiger partial charge in [-0.3, -0.25) is 9.45 Å². The van der Waals surface area contributed by atoms with Crippen molar-refractivity contribution < 1.29 is 17.8 Å². The van der Waals surface area contributed by atoms with E-state index in [1.165, 1.54) is 11.9 Å².